The Bertz CT molecular complexity index is 1200. The Morgan fingerprint density at radius 1 is 0.733 bits per heavy atom. The van der Waals surface area contributed by atoms with E-state index in [0.717, 1.165) is 44.0 Å². The minimum atomic E-state index is 0.870. The highest BCUT2D eigenvalue weighted by Crippen LogP contribution is 2.39. The molecule has 146 valence electrons. The molecule has 3 aromatic carbocycles. The zero-order chi connectivity index (χ0) is 20.3. The molecule has 0 radical (unpaired) electrons. The summed E-state index contributed by atoms with van der Waals surface area (Å²) < 4.78 is 0. The molecule has 0 saturated carbocycles. The second kappa shape index (κ2) is 7.97. The Labute approximate surface area is 179 Å². The van der Waals surface area contributed by atoms with Gasteiger partial charge in [-0.2, -0.15) is 0 Å². The number of hydrogen-bond acceptors (Lipinski definition) is 4. The first-order valence-electron chi connectivity index (χ1n) is 9.77. The summed E-state index contributed by atoms with van der Waals surface area (Å²) in [6.07, 6.45) is 1.91. The molecule has 0 aliphatic carbocycles. The van der Waals surface area contributed by atoms with Crippen LogP contribution in [0.25, 0.3) is 33.1 Å². The van der Waals surface area contributed by atoms with Gasteiger partial charge in [0.15, 0.2) is 5.13 Å². The van der Waals surface area contributed by atoms with Crippen LogP contribution in [0.15, 0.2) is 91.1 Å². The maximum atomic E-state index is 4.92. The van der Waals surface area contributed by atoms with Crippen molar-refractivity contribution in [3.05, 3.63) is 96.8 Å². The molecular weight excluding hydrogens is 388 g/mol. The number of anilines is 2. The van der Waals surface area contributed by atoms with Crippen molar-refractivity contribution in [3.8, 4) is 33.1 Å². The third kappa shape index (κ3) is 3.75. The number of aryl methyl sites for hydroxylation is 1. The molecule has 5 heteroatoms. The molecule has 2 aromatic heterocycles. The number of imidazole rings is 1. The summed E-state index contributed by atoms with van der Waals surface area (Å²) in [7, 11) is 0. The molecule has 2 heterocycles. The number of aromatic nitrogens is 3. The minimum Gasteiger partial charge on any atom is -0.344 e. The Hall–Kier alpha value is -3.70. The summed E-state index contributed by atoms with van der Waals surface area (Å²) in [4.78, 5) is 13.8. The lowest BCUT2D eigenvalue weighted by Gasteiger charge is -2.03. The number of nitrogens with one attached hydrogen (secondary N) is 2. The lowest BCUT2D eigenvalue weighted by atomic mass is 10.1. The molecule has 0 amide bonds. The molecule has 0 bridgehead atoms. The Kier molecular flexibility index (Phi) is 4.87. The summed E-state index contributed by atoms with van der Waals surface area (Å²) in [6.45, 7) is 1.98. The second-order valence-electron chi connectivity index (χ2n) is 7.02. The van der Waals surface area contributed by atoms with Crippen molar-refractivity contribution in [2.24, 2.45) is 0 Å². The van der Waals surface area contributed by atoms with Gasteiger partial charge in [0, 0.05) is 23.0 Å². The number of hydrogen-bond donors (Lipinski definition) is 2. The first kappa shape index (κ1) is 18.3. The van der Waals surface area contributed by atoms with E-state index in [1.54, 1.807) is 11.3 Å². The van der Waals surface area contributed by atoms with Crippen LogP contribution >= 0.6 is 11.3 Å². The number of thiazole rings is 1. The first-order chi connectivity index (χ1) is 14.8. The highest BCUT2D eigenvalue weighted by molar-refractivity contribution is 7.19. The number of rotatable bonds is 5. The van der Waals surface area contributed by atoms with Gasteiger partial charge in [-0.15, -0.1) is 0 Å². The summed E-state index contributed by atoms with van der Waals surface area (Å²) in [5.41, 5.74) is 6.32. The highest BCUT2D eigenvalue weighted by atomic mass is 32.1. The predicted molar refractivity (Wildman–Crippen MR) is 125 cm³/mol. The molecule has 5 aromatic rings. The van der Waals surface area contributed by atoms with E-state index in [4.69, 9.17) is 4.98 Å². The standard InChI is InChI=1S/C25H20N4S/c1-17-16-26-24(27-17)20-12-14-21(15-13-20)28-25-29-22(18-8-4-2-5-9-18)23(30-25)19-10-6-3-7-11-19/h2-16H,1H3,(H,26,27)(H,28,29). The van der Waals surface area contributed by atoms with Crippen molar-refractivity contribution in [1.29, 1.82) is 0 Å². The smallest absolute Gasteiger partial charge is 0.188 e. The molecule has 0 spiro atoms. The van der Waals surface area contributed by atoms with Crippen LogP contribution in [0.2, 0.25) is 0 Å². The van der Waals surface area contributed by atoms with Crippen molar-refractivity contribution in [2.45, 2.75) is 6.92 Å². The Morgan fingerprint density at radius 3 is 2.03 bits per heavy atom. The zero-order valence-corrected chi connectivity index (χ0v) is 17.3. The lowest BCUT2D eigenvalue weighted by Crippen LogP contribution is -1.90. The van der Waals surface area contributed by atoms with Crippen LogP contribution < -0.4 is 5.32 Å². The van der Waals surface area contributed by atoms with E-state index in [1.165, 1.54) is 5.56 Å². The van der Waals surface area contributed by atoms with Gasteiger partial charge in [0.2, 0.25) is 0 Å². The van der Waals surface area contributed by atoms with Gasteiger partial charge in [-0.25, -0.2) is 9.97 Å². The SMILES string of the molecule is Cc1c[nH]c(-c2ccc(Nc3nc(-c4ccccc4)c(-c4ccccc4)s3)cc2)n1. The van der Waals surface area contributed by atoms with Crippen molar-refractivity contribution in [1.82, 2.24) is 15.0 Å². The molecule has 4 nitrogen and oxygen atoms in total. The third-order valence-corrected chi connectivity index (χ3v) is 5.85. The van der Waals surface area contributed by atoms with Gasteiger partial charge in [-0.3, -0.25) is 0 Å². The van der Waals surface area contributed by atoms with Crippen LogP contribution in [0.4, 0.5) is 10.8 Å². The summed E-state index contributed by atoms with van der Waals surface area (Å²) >= 11 is 1.67. The molecule has 0 unspecified atom stereocenters. The van der Waals surface area contributed by atoms with Crippen LogP contribution in [-0.4, -0.2) is 15.0 Å². The van der Waals surface area contributed by atoms with E-state index in [2.05, 4.69) is 75.9 Å². The second-order valence-corrected chi connectivity index (χ2v) is 8.02. The monoisotopic (exact) mass is 408 g/mol. The Balaban J connectivity index is 1.47. The average molecular weight is 409 g/mol. The quantitative estimate of drug-likeness (QED) is 0.332. The molecule has 30 heavy (non-hydrogen) atoms. The van der Waals surface area contributed by atoms with Gasteiger partial charge in [-0.05, 0) is 36.8 Å². The van der Waals surface area contributed by atoms with Crippen LogP contribution in [0, 0.1) is 6.92 Å². The molecule has 0 atom stereocenters. The van der Waals surface area contributed by atoms with E-state index >= 15 is 0 Å². The molecule has 0 fully saturated rings. The van der Waals surface area contributed by atoms with Crippen molar-refractivity contribution in [3.63, 3.8) is 0 Å². The van der Waals surface area contributed by atoms with E-state index < -0.39 is 0 Å². The highest BCUT2D eigenvalue weighted by Gasteiger charge is 2.15. The average Bonchev–Trinajstić information content (AvgIpc) is 3.42. The van der Waals surface area contributed by atoms with E-state index in [-0.39, 0.29) is 0 Å². The lowest BCUT2D eigenvalue weighted by molar-refractivity contribution is 1.25. The fraction of sp³-hybridized carbons (Fsp3) is 0.0400. The molecule has 0 aliphatic rings. The molecule has 0 aliphatic heterocycles. The third-order valence-electron chi connectivity index (χ3n) is 4.83. The minimum absolute atomic E-state index is 0.870. The molecule has 2 N–H and O–H groups in total. The van der Waals surface area contributed by atoms with Crippen molar-refractivity contribution < 1.29 is 0 Å². The fourth-order valence-corrected chi connectivity index (χ4v) is 4.36. The van der Waals surface area contributed by atoms with Gasteiger partial charge >= 0.3 is 0 Å². The predicted octanol–water partition coefficient (Wildman–Crippen LogP) is 6.92. The Morgan fingerprint density at radius 2 is 1.40 bits per heavy atom. The van der Waals surface area contributed by atoms with Crippen molar-refractivity contribution >= 4 is 22.2 Å². The normalized spacial score (nSPS) is 10.8. The van der Waals surface area contributed by atoms with Crippen LogP contribution in [-0.2, 0) is 0 Å². The summed E-state index contributed by atoms with van der Waals surface area (Å²) in [6, 6.07) is 29.0. The van der Waals surface area contributed by atoms with E-state index in [9.17, 15) is 0 Å². The number of benzene rings is 3. The summed E-state index contributed by atoms with van der Waals surface area (Å²) in [5, 5.41) is 4.33. The number of H-pyrrole nitrogens is 1. The van der Waals surface area contributed by atoms with E-state index in [1.807, 2.05) is 37.4 Å². The number of aromatic amines is 1. The zero-order valence-electron chi connectivity index (χ0n) is 16.5. The maximum Gasteiger partial charge on any atom is 0.188 e. The van der Waals surface area contributed by atoms with Crippen LogP contribution in [0.5, 0.6) is 0 Å². The van der Waals surface area contributed by atoms with Gasteiger partial charge in [0.1, 0.15) is 5.82 Å². The maximum absolute atomic E-state index is 4.92. The van der Waals surface area contributed by atoms with Gasteiger partial charge < -0.3 is 10.3 Å². The molecule has 5 rings (SSSR count). The van der Waals surface area contributed by atoms with Crippen LogP contribution in [0.3, 0.4) is 0 Å². The topological polar surface area (TPSA) is 53.6 Å². The van der Waals surface area contributed by atoms with Crippen molar-refractivity contribution in [2.75, 3.05) is 5.32 Å². The van der Waals surface area contributed by atoms with Gasteiger partial charge in [0.25, 0.3) is 0 Å². The molecule has 0 saturated heterocycles. The van der Waals surface area contributed by atoms with E-state index in [0.29, 0.717) is 0 Å². The van der Waals surface area contributed by atoms with Gasteiger partial charge in [0.05, 0.1) is 16.3 Å². The van der Waals surface area contributed by atoms with Crippen LogP contribution in [0.1, 0.15) is 5.69 Å². The fourth-order valence-electron chi connectivity index (χ4n) is 3.35. The first-order valence-corrected chi connectivity index (χ1v) is 10.6. The van der Waals surface area contributed by atoms with Gasteiger partial charge in [-0.1, -0.05) is 72.0 Å². The largest absolute Gasteiger partial charge is 0.344 e. The summed E-state index contributed by atoms with van der Waals surface area (Å²) in [5.74, 6) is 0.881. The molecular formula is C25H20N4S. The number of nitrogens with zero attached hydrogens (tertiary/aromatic N) is 2.